The number of H-pyrrole nitrogens is 1. The van der Waals surface area contributed by atoms with Crippen molar-refractivity contribution in [3.63, 3.8) is 0 Å². The van der Waals surface area contributed by atoms with Gasteiger partial charge in [-0.15, -0.1) is 0 Å². The smallest absolute Gasteiger partial charge is 0.219 e. The number of ether oxygens (including phenoxy) is 2. The first-order chi connectivity index (χ1) is 14.9. The van der Waals surface area contributed by atoms with E-state index in [1.165, 1.54) is 6.92 Å². The second-order valence-corrected chi connectivity index (χ2v) is 8.47. The number of nitrogens with one attached hydrogen (secondary N) is 1. The van der Waals surface area contributed by atoms with Gasteiger partial charge in [0.2, 0.25) is 5.91 Å². The van der Waals surface area contributed by atoms with Crippen LogP contribution < -0.4 is 0 Å². The van der Waals surface area contributed by atoms with Crippen molar-refractivity contribution in [2.24, 2.45) is 5.92 Å². The van der Waals surface area contributed by atoms with Gasteiger partial charge in [0.25, 0.3) is 0 Å². The highest BCUT2D eigenvalue weighted by Crippen LogP contribution is 2.12. The van der Waals surface area contributed by atoms with Crippen molar-refractivity contribution >= 4 is 5.91 Å². The Labute approximate surface area is 185 Å². The Morgan fingerprint density at radius 2 is 2.16 bits per heavy atom. The van der Waals surface area contributed by atoms with E-state index in [4.69, 9.17) is 9.47 Å². The van der Waals surface area contributed by atoms with Gasteiger partial charge < -0.3 is 24.6 Å². The minimum Gasteiger partial charge on any atom is -0.388 e. The quantitative estimate of drug-likeness (QED) is 0.564. The van der Waals surface area contributed by atoms with Crippen LogP contribution in [0.3, 0.4) is 0 Å². The van der Waals surface area contributed by atoms with Crippen molar-refractivity contribution < 1.29 is 24.5 Å². The van der Waals surface area contributed by atoms with E-state index in [0.29, 0.717) is 45.3 Å². The zero-order valence-corrected chi connectivity index (χ0v) is 18.9. The molecule has 0 radical (unpaired) electrons. The molecular weight excluding hydrogens is 400 g/mol. The van der Waals surface area contributed by atoms with E-state index in [1.807, 2.05) is 18.3 Å². The maximum atomic E-state index is 12.3. The van der Waals surface area contributed by atoms with Gasteiger partial charge in [0, 0.05) is 58.0 Å². The molecule has 0 unspecified atom stereocenters. The van der Waals surface area contributed by atoms with Crippen molar-refractivity contribution in [3.05, 3.63) is 30.1 Å². The van der Waals surface area contributed by atoms with E-state index in [0.717, 1.165) is 12.0 Å². The third-order valence-corrected chi connectivity index (χ3v) is 5.33. The molecule has 9 nitrogen and oxygen atoms in total. The number of rotatable bonds is 6. The first-order valence-electron chi connectivity index (χ1n) is 11.0. The molecule has 1 aromatic rings. The molecule has 0 bridgehead atoms. The van der Waals surface area contributed by atoms with E-state index >= 15 is 0 Å². The SMILES string of the molecule is CC(=O)N1CCN(Cc2cn[nH]c2)C/C=C\COC[C@H](O)[C@H](O)[C@@H](OCCC(C)C)C1. The summed E-state index contributed by atoms with van der Waals surface area (Å²) in [7, 11) is 0. The van der Waals surface area contributed by atoms with Crippen molar-refractivity contribution in [1.29, 1.82) is 0 Å². The molecular formula is C22H38N4O5. The van der Waals surface area contributed by atoms with Gasteiger partial charge in [-0.05, 0) is 12.3 Å². The van der Waals surface area contributed by atoms with Crippen LogP contribution in [0.4, 0.5) is 0 Å². The molecule has 0 aromatic carbocycles. The number of amides is 1. The fourth-order valence-corrected chi connectivity index (χ4v) is 3.32. The highest BCUT2D eigenvalue weighted by atomic mass is 16.5. The van der Waals surface area contributed by atoms with Crippen LogP contribution in [0.5, 0.6) is 0 Å². The minimum absolute atomic E-state index is 0.00560. The Kier molecular flexibility index (Phi) is 11.2. The highest BCUT2D eigenvalue weighted by molar-refractivity contribution is 5.73. The Morgan fingerprint density at radius 1 is 1.35 bits per heavy atom. The van der Waals surface area contributed by atoms with Crippen molar-refractivity contribution in [1.82, 2.24) is 20.0 Å². The standard InChI is InChI=1S/C22H38N4O5/c1-17(2)6-11-31-21-15-26(18(3)27)9-8-25(14-19-12-23-24-13-19)7-4-5-10-30-16-20(28)22(21)29/h4-5,12-13,17,20-22,28-29H,6-11,14-16H2,1-3H3,(H,23,24)/b5-4-/t20-,21-,22-/m0/s1. The van der Waals surface area contributed by atoms with Crippen LogP contribution in [0.25, 0.3) is 0 Å². The topological polar surface area (TPSA) is 111 Å². The molecule has 3 atom stereocenters. The highest BCUT2D eigenvalue weighted by Gasteiger charge is 2.30. The summed E-state index contributed by atoms with van der Waals surface area (Å²) in [6.07, 6.45) is 5.45. The number of aliphatic hydroxyl groups is 2. The number of hydrogen-bond donors (Lipinski definition) is 3. The second kappa shape index (κ2) is 13.6. The summed E-state index contributed by atoms with van der Waals surface area (Å²) in [4.78, 5) is 16.2. The summed E-state index contributed by atoms with van der Waals surface area (Å²) in [5.74, 6) is 0.359. The fraction of sp³-hybridized carbons (Fsp3) is 0.727. The van der Waals surface area contributed by atoms with Gasteiger partial charge in [-0.3, -0.25) is 14.8 Å². The molecule has 0 fully saturated rings. The number of carbonyl (C=O) groups is 1. The van der Waals surface area contributed by atoms with Gasteiger partial charge in [0.05, 0.1) is 19.4 Å². The molecule has 2 rings (SSSR count). The average molecular weight is 439 g/mol. The number of aromatic nitrogens is 2. The molecule has 0 saturated heterocycles. The van der Waals surface area contributed by atoms with E-state index in [9.17, 15) is 15.0 Å². The second-order valence-electron chi connectivity index (χ2n) is 8.47. The van der Waals surface area contributed by atoms with Crippen molar-refractivity contribution in [2.45, 2.75) is 52.0 Å². The molecule has 3 N–H and O–H groups in total. The predicted octanol–water partition coefficient (Wildman–Crippen LogP) is 0.800. The molecule has 0 saturated carbocycles. The Balaban J connectivity index is 2.12. The molecule has 1 aliphatic rings. The van der Waals surface area contributed by atoms with Crippen LogP contribution in [0.15, 0.2) is 24.5 Å². The Morgan fingerprint density at radius 3 is 2.84 bits per heavy atom. The monoisotopic (exact) mass is 438 g/mol. The molecule has 0 spiro atoms. The summed E-state index contributed by atoms with van der Waals surface area (Å²) < 4.78 is 11.4. The van der Waals surface area contributed by atoms with E-state index in [2.05, 4.69) is 28.9 Å². The van der Waals surface area contributed by atoms with Crippen LogP contribution in [0.1, 0.15) is 32.8 Å². The predicted molar refractivity (Wildman–Crippen MR) is 117 cm³/mol. The van der Waals surface area contributed by atoms with E-state index in [1.54, 1.807) is 11.1 Å². The molecule has 0 aliphatic carbocycles. The summed E-state index contributed by atoms with van der Waals surface area (Å²) >= 11 is 0. The van der Waals surface area contributed by atoms with Crippen LogP contribution in [-0.2, 0) is 20.8 Å². The van der Waals surface area contributed by atoms with Crippen LogP contribution in [-0.4, -0.2) is 100 Å². The third kappa shape index (κ3) is 9.49. The van der Waals surface area contributed by atoms with Crippen molar-refractivity contribution in [2.75, 3.05) is 46.0 Å². The molecule has 1 aliphatic heterocycles. The van der Waals surface area contributed by atoms with Gasteiger partial charge in [-0.2, -0.15) is 5.10 Å². The zero-order valence-electron chi connectivity index (χ0n) is 18.9. The first-order valence-corrected chi connectivity index (χ1v) is 11.0. The third-order valence-electron chi connectivity index (χ3n) is 5.33. The summed E-state index contributed by atoms with van der Waals surface area (Å²) in [6.45, 7) is 9.24. The largest absolute Gasteiger partial charge is 0.388 e. The summed E-state index contributed by atoms with van der Waals surface area (Å²) in [6, 6.07) is 0. The minimum atomic E-state index is -1.15. The lowest BCUT2D eigenvalue weighted by atomic mass is 10.1. The molecule has 9 heteroatoms. The fourth-order valence-electron chi connectivity index (χ4n) is 3.32. The average Bonchev–Trinajstić information content (AvgIpc) is 3.23. The number of nitrogens with zero attached hydrogens (tertiary/aromatic N) is 3. The lowest BCUT2D eigenvalue weighted by Crippen LogP contribution is -2.50. The maximum absolute atomic E-state index is 12.3. The summed E-state index contributed by atoms with van der Waals surface area (Å²) in [5, 5.41) is 27.9. The van der Waals surface area contributed by atoms with Crippen LogP contribution >= 0.6 is 0 Å². The Bertz CT molecular complexity index is 652. The van der Waals surface area contributed by atoms with Gasteiger partial charge in [-0.1, -0.05) is 26.0 Å². The lowest BCUT2D eigenvalue weighted by Gasteiger charge is -2.33. The number of carbonyl (C=O) groups excluding carboxylic acids is 1. The molecule has 1 amide bonds. The molecule has 31 heavy (non-hydrogen) atoms. The van der Waals surface area contributed by atoms with Crippen LogP contribution in [0, 0.1) is 5.92 Å². The van der Waals surface area contributed by atoms with Gasteiger partial charge >= 0.3 is 0 Å². The molecule has 176 valence electrons. The van der Waals surface area contributed by atoms with E-state index in [-0.39, 0.29) is 19.1 Å². The number of aliphatic hydroxyl groups excluding tert-OH is 2. The summed E-state index contributed by atoms with van der Waals surface area (Å²) in [5.41, 5.74) is 1.06. The lowest BCUT2D eigenvalue weighted by molar-refractivity contribution is -0.139. The normalized spacial score (nSPS) is 26.0. The Hall–Kier alpha value is -1.78. The molecule has 1 aromatic heterocycles. The van der Waals surface area contributed by atoms with Gasteiger partial charge in [0.15, 0.2) is 0 Å². The first kappa shape index (κ1) is 25.5. The zero-order chi connectivity index (χ0) is 22.6. The van der Waals surface area contributed by atoms with Gasteiger partial charge in [0.1, 0.15) is 18.3 Å². The molecule has 2 heterocycles. The maximum Gasteiger partial charge on any atom is 0.219 e. The number of aromatic amines is 1. The number of hydrogen-bond acceptors (Lipinski definition) is 7. The van der Waals surface area contributed by atoms with Gasteiger partial charge in [-0.25, -0.2) is 0 Å². The van der Waals surface area contributed by atoms with E-state index < -0.39 is 18.3 Å². The van der Waals surface area contributed by atoms with Crippen molar-refractivity contribution in [3.8, 4) is 0 Å². The van der Waals surface area contributed by atoms with Crippen LogP contribution in [0.2, 0.25) is 0 Å².